The molecule has 37 heavy (non-hydrogen) atoms. The van der Waals surface area contributed by atoms with E-state index in [0.717, 1.165) is 29.7 Å². The number of nitrogens with zero attached hydrogens (tertiary/aromatic N) is 1. The molecule has 0 heterocycles. The summed E-state index contributed by atoms with van der Waals surface area (Å²) >= 11 is 14.2. The highest BCUT2D eigenvalue weighted by Gasteiger charge is 2.30. The monoisotopic (exact) mass is 556 g/mol. The second kappa shape index (κ2) is 15.1. The molecular weight excluding hydrogens is 523 g/mol. The normalized spacial score (nSPS) is 11.7. The third-order valence-electron chi connectivity index (χ3n) is 6.03. The summed E-state index contributed by atoms with van der Waals surface area (Å²) < 4.78 is 0. The van der Waals surface area contributed by atoms with Crippen LogP contribution in [-0.4, -0.2) is 35.1 Å². The Labute approximate surface area is 234 Å². The van der Waals surface area contributed by atoms with Crippen LogP contribution in [0.15, 0.2) is 72.8 Å². The second-order valence-corrected chi connectivity index (χ2v) is 10.9. The lowest BCUT2D eigenvalue weighted by atomic mass is 10.0. The Kier molecular flexibility index (Phi) is 11.8. The number of aryl methyl sites for hydroxylation is 1. The summed E-state index contributed by atoms with van der Waals surface area (Å²) in [5, 5.41) is 4.04. The molecule has 0 spiro atoms. The molecule has 1 N–H and O–H groups in total. The summed E-state index contributed by atoms with van der Waals surface area (Å²) in [5.74, 6) is 0.719. The van der Waals surface area contributed by atoms with Crippen molar-refractivity contribution in [1.82, 2.24) is 10.2 Å². The zero-order chi connectivity index (χ0) is 26.6. The lowest BCUT2D eigenvalue weighted by Gasteiger charge is -2.32. The maximum atomic E-state index is 13.7. The predicted molar refractivity (Wildman–Crippen MR) is 156 cm³/mol. The molecular formula is C30H34Cl2N2O2S. The van der Waals surface area contributed by atoms with Gasteiger partial charge in [0.05, 0.1) is 5.75 Å². The lowest BCUT2D eigenvalue weighted by Crippen LogP contribution is -2.51. The standard InChI is InChI=1S/C30H34Cl2N2O2S/c1-3-4-15-33-30(36)28(17-23-10-6-5-7-11-23)34(19-25-13-14-26(31)18-27(25)32)29(35)21-37-20-24-12-8-9-22(2)16-24/h5-14,16,18,28H,3-4,15,17,19-21H2,1-2H3,(H,33,36). The zero-order valence-electron chi connectivity index (χ0n) is 21.4. The Morgan fingerprint density at radius 1 is 0.973 bits per heavy atom. The number of carbonyl (C=O) groups excluding carboxylic acids is 2. The second-order valence-electron chi connectivity index (χ2n) is 9.09. The molecule has 0 aromatic heterocycles. The number of benzene rings is 3. The summed E-state index contributed by atoms with van der Waals surface area (Å²) in [4.78, 5) is 28.8. The van der Waals surface area contributed by atoms with Gasteiger partial charge in [-0.2, -0.15) is 0 Å². The highest BCUT2D eigenvalue weighted by molar-refractivity contribution is 7.99. The van der Waals surface area contributed by atoms with E-state index in [1.165, 1.54) is 11.1 Å². The van der Waals surface area contributed by atoms with E-state index in [-0.39, 0.29) is 24.1 Å². The fourth-order valence-electron chi connectivity index (χ4n) is 4.03. The quantitative estimate of drug-likeness (QED) is 0.228. The molecule has 0 saturated heterocycles. The summed E-state index contributed by atoms with van der Waals surface area (Å²) in [7, 11) is 0. The SMILES string of the molecule is CCCCNC(=O)C(Cc1ccccc1)N(Cc1ccc(Cl)cc1Cl)C(=O)CSCc1cccc(C)c1. The first kappa shape index (κ1) is 29.1. The van der Waals surface area contributed by atoms with Crippen molar-refractivity contribution in [1.29, 1.82) is 0 Å². The average Bonchev–Trinajstić information content (AvgIpc) is 2.88. The van der Waals surface area contributed by atoms with Crippen molar-refractivity contribution in [3.05, 3.63) is 105 Å². The van der Waals surface area contributed by atoms with Gasteiger partial charge < -0.3 is 10.2 Å². The van der Waals surface area contributed by atoms with Gasteiger partial charge in [-0.15, -0.1) is 11.8 Å². The van der Waals surface area contributed by atoms with Crippen molar-refractivity contribution in [3.63, 3.8) is 0 Å². The van der Waals surface area contributed by atoms with Gasteiger partial charge in [0, 0.05) is 35.3 Å². The molecule has 0 saturated carbocycles. The number of carbonyl (C=O) groups is 2. The Morgan fingerprint density at radius 2 is 1.73 bits per heavy atom. The summed E-state index contributed by atoms with van der Waals surface area (Å²) in [6.07, 6.45) is 2.27. The van der Waals surface area contributed by atoms with Gasteiger partial charge in [0.25, 0.3) is 0 Å². The van der Waals surface area contributed by atoms with Crippen molar-refractivity contribution in [3.8, 4) is 0 Å². The molecule has 3 aromatic carbocycles. The van der Waals surface area contributed by atoms with Crippen LogP contribution in [0.1, 0.15) is 42.0 Å². The van der Waals surface area contributed by atoms with Crippen molar-refractivity contribution in [2.75, 3.05) is 12.3 Å². The van der Waals surface area contributed by atoms with E-state index < -0.39 is 6.04 Å². The van der Waals surface area contributed by atoms with Gasteiger partial charge in [-0.1, -0.05) is 103 Å². The molecule has 3 rings (SSSR count). The molecule has 0 bridgehead atoms. The minimum atomic E-state index is -0.668. The van der Waals surface area contributed by atoms with Crippen LogP contribution in [0.5, 0.6) is 0 Å². The van der Waals surface area contributed by atoms with E-state index in [2.05, 4.69) is 37.4 Å². The Balaban J connectivity index is 1.86. The number of nitrogens with one attached hydrogen (secondary N) is 1. The zero-order valence-corrected chi connectivity index (χ0v) is 23.7. The Bertz CT molecular complexity index is 1170. The lowest BCUT2D eigenvalue weighted by molar-refractivity contribution is -0.139. The molecule has 7 heteroatoms. The van der Waals surface area contributed by atoms with Crippen molar-refractivity contribution < 1.29 is 9.59 Å². The molecule has 3 aromatic rings. The van der Waals surface area contributed by atoms with Gasteiger partial charge in [-0.25, -0.2) is 0 Å². The van der Waals surface area contributed by atoms with Crippen molar-refractivity contribution in [2.45, 2.75) is 51.4 Å². The summed E-state index contributed by atoms with van der Waals surface area (Å²) in [5.41, 5.74) is 4.10. The van der Waals surface area contributed by atoms with Gasteiger partial charge in [-0.3, -0.25) is 9.59 Å². The molecule has 1 unspecified atom stereocenters. The van der Waals surface area contributed by atoms with Crippen LogP contribution < -0.4 is 5.32 Å². The summed E-state index contributed by atoms with van der Waals surface area (Å²) in [6.45, 7) is 4.94. The van der Waals surface area contributed by atoms with Gasteiger partial charge >= 0.3 is 0 Å². The molecule has 0 fully saturated rings. The first-order chi connectivity index (χ1) is 17.9. The maximum Gasteiger partial charge on any atom is 0.243 e. The third kappa shape index (κ3) is 9.41. The Hall–Kier alpha value is -2.47. The van der Waals surface area contributed by atoms with Crippen LogP contribution in [0.25, 0.3) is 0 Å². The highest BCUT2D eigenvalue weighted by atomic mass is 35.5. The van der Waals surface area contributed by atoms with Crippen molar-refractivity contribution >= 4 is 46.8 Å². The number of hydrogen-bond donors (Lipinski definition) is 1. The number of hydrogen-bond acceptors (Lipinski definition) is 3. The van der Waals surface area contributed by atoms with E-state index in [0.29, 0.717) is 23.0 Å². The molecule has 0 radical (unpaired) electrons. The van der Waals surface area contributed by atoms with E-state index in [1.807, 2.05) is 42.5 Å². The first-order valence-electron chi connectivity index (χ1n) is 12.6. The van der Waals surface area contributed by atoms with Crippen molar-refractivity contribution in [2.24, 2.45) is 0 Å². The van der Waals surface area contributed by atoms with Crippen LogP contribution in [0.2, 0.25) is 10.0 Å². The number of halogens is 2. The first-order valence-corrected chi connectivity index (χ1v) is 14.5. The van der Waals surface area contributed by atoms with E-state index in [9.17, 15) is 9.59 Å². The smallest absolute Gasteiger partial charge is 0.243 e. The largest absolute Gasteiger partial charge is 0.354 e. The van der Waals surface area contributed by atoms with Gasteiger partial charge in [0.1, 0.15) is 6.04 Å². The number of rotatable bonds is 13. The molecule has 0 aliphatic heterocycles. The van der Waals surface area contributed by atoms with Crippen LogP contribution in [0, 0.1) is 6.92 Å². The maximum absolute atomic E-state index is 13.7. The number of unbranched alkanes of at least 4 members (excludes halogenated alkanes) is 1. The van der Waals surface area contributed by atoms with Crippen LogP contribution in [0.4, 0.5) is 0 Å². The summed E-state index contributed by atoms with van der Waals surface area (Å²) in [6, 6.07) is 22.6. The number of amides is 2. The van der Waals surface area contributed by atoms with Crippen LogP contribution >= 0.6 is 35.0 Å². The average molecular weight is 558 g/mol. The number of thioether (sulfide) groups is 1. The fourth-order valence-corrected chi connectivity index (χ4v) is 5.36. The molecule has 0 aliphatic rings. The highest BCUT2D eigenvalue weighted by Crippen LogP contribution is 2.25. The minimum absolute atomic E-state index is 0.102. The minimum Gasteiger partial charge on any atom is -0.354 e. The fraction of sp³-hybridized carbons (Fsp3) is 0.333. The molecule has 196 valence electrons. The van der Waals surface area contributed by atoms with Crippen LogP contribution in [-0.2, 0) is 28.3 Å². The van der Waals surface area contributed by atoms with E-state index in [4.69, 9.17) is 23.2 Å². The topological polar surface area (TPSA) is 49.4 Å². The Morgan fingerprint density at radius 3 is 2.43 bits per heavy atom. The van der Waals surface area contributed by atoms with E-state index in [1.54, 1.807) is 28.8 Å². The molecule has 0 aliphatic carbocycles. The predicted octanol–water partition coefficient (Wildman–Crippen LogP) is 7.09. The van der Waals surface area contributed by atoms with Gasteiger partial charge in [-0.05, 0) is 42.2 Å². The van der Waals surface area contributed by atoms with Gasteiger partial charge in [0.2, 0.25) is 11.8 Å². The van der Waals surface area contributed by atoms with Gasteiger partial charge in [0.15, 0.2) is 0 Å². The van der Waals surface area contributed by atoms with Crippen LogP contribution in [0.3, 0.4) is 0 Å². The van der Waals surface area contributed by atoms with E-state index >= 15 is 0 Å². The third-order valence-corrected chi connectivity index (χ3v) is 7.61. The molecule has 2 amide bonds. The molecule has 4 nitrogen and oxygen atoms in total. The molecule has 1 atom stereocenters.